The molecule has 0 atom stereocenters. The Bertz CT molecular complexity index is 1170. The number of nitrogen functional groups attached to an aromatic ring is 1. The number of hydrogen-bond acceptors (Lipinski definition) is 7. The molecule has 3 rings (SSSR count). The van der Waals surface area contributed by atoms with E-state index in [1.54, 1.807) is 48.5 Å². The van der Waals surface area contributed by atoms with Gasteiger partial charge in [0.2, 0.25) is 0 Å². The van der Waals surface area contributed by atoms with E-state index in [0.717, 1.165) is 12.1 Å². The average molecular weight is 489 g/mol. The van der Waals surface area contributed by atoms with E-state index >= 15 is 0 Å². The van der Waals surface area contributed by atoms with Crippen LogP contribution in [-0.4, -0.2) is 30.9 Å². The van der Waals surface area contributed by atoms with E-state index in [1.807, 2.05) is 0 Å². The highest BCUT2D eigenvalue weighted by Gasteiger charge is 2.31. The summed E-state index contributed by atoms with van der Waals surface area (Å²) >= 11 is 0. The van der Waals surface area contributed by atoms with Gasteiger partial charge in [0.25, 0.3) is 0 Å². The number of hydrogen-bond donors (Lipinski definition) is 2. The molecule has 0 saturated heterocycles. The number of carboxylic acid groups (broad SMARTS) is 1. The quantitative estimate of drug-likeness (QED) is 0.193. The molecule has 0 bridgehead atoms. The molecule has 3 N–H and O–H groups in total. The summed E-state index contributed by atoms with van der Waals surface area (Å²) in [5, 5.41) is 16.5. The van der Waals surface area contributed by atoms with Crippen LogP contribution in [-0.2, 0) is 11.0 Å². The number of nitrogens with two attached hydrogens (primary N) is 1. The molecule has 0 fully saturated rings. The van der Waals surface area contributed by atoms with Gasteiger partial charge in [0.05, 0.1) is 24.5 Å². The van der Waals surface area contributed by atoms with E-state index in [2.05, 4.69) is 10.2 Å². The van der Waals surface area contributed by atoms with Crippen molar-refractivity contribution >= 4 is 23.0 Å². The highest BCUT2D eigenvalue weighted by atomic mass is 19.4. The summed E-state index contributed by atoms with van der Waals surface area (Å²) in [6.45, 7) is -0.0175. The lowest BCUT2D eigenvalue weighted by Crippen LogP contribution is -2.09. The molecule has 8 nitrogen and oxygen atoms in total. The normalized spacial score (nSPS) is 11.4. The minimum atomic E-state index is -4.55. The first kappa shape index (κ1) is 25.3. The number of anilines is 1. The van der Waals surface area contributed by atoms with Crippen LogP contribution in [0.15, 0.2) is 77.0 Å². The predicted molar refractivity (Wildman–Crippen MR) is 122 cm³/mol. The zero-order chi connectivity index (χ0) is 25.3. The Morgan fingerprint density at radius 2 is 1.49 bits per heavy atom. The molecule has 0 aliphatic carbocycles. The first-order valence-electron chi connectivity index (χ1n) is 10.4. The zero-order valence-corrected chi connectivity index (χ0v) is 18.4. The van der Waals surface area contributed by atoms with Crippen LogP contribution in [0.2, 0.25) is 0 Å². The maximum atomic E-state index is 13.2. The van der Waals surface area contributed by atoms with E-state index in [4.69, 9.17) is 25.1 Å². The van der Waals surface area contributed by atoms with Crippen molar-refractivity contribution in [3.8, 4) is 17.2 Å². The largest absolute Gasteiger partial charge is 0.493 e. The highest BCUT2D eigenvalue weighted by Crippen LogP contribution is 2.37. The van der Waals surface area contributed by atoms with E-state index < -0.39 is 24.3 Å². The third-order valence-electron chi connectivity index (χ3n) is 4.49. The van der Waals surface area contributed by atoms with Crippen molar-refractivity contribution in [3.63, 3.8) is 0 Å². The van der Waals surface area contributed by atoms with Gasteiger partial charge in [-0.1, -0.05) is 12.1 Å². The molecule has 3 aromatic rings. The smallest absolute Gasteiger partial charge is 0.416 e. The number of benzene rings is 3. The second-order valence-electron chi connectivity index (χ2n) is 7.14. The molecule has 0 aliphatic rings. The molecular formula is C24H22F3N3O5. The Kier molecular flexibility index (Phi) is 8.49. The zero-order valence-electron chi connectivity index (χ0n) is 18.4. The summed E-state index contributed by atoms with van der Waals surface area (Å²) in [5.74, 6) is -0.00938. The fourth-order valence-corrected chi connectivity index (χ4v) is 2.79. The van der Waals surface area contributed by atoms with Gasteiger partial charge < -0.3 is 25.1 Å². The lowest BCUT2D eigenvalue weighted by molar-refractivity contribution is -0.139. The first-order valence-corrected chi connectivity index (χ1v) is 10.4. The van der Waals surface area contributed by atoms with Crippen LogP contribution in [0.4, 0.5) is 30.2 Å². The SMILES string of the molecule is Nc1ccccc1N=Nc1cc(C(F)(F)F)ccc1OCCCOc1ccc(OCC(=O)O)cc1. The number of azo groups is 1. The van der Waals surface area contributed by atoms with Gasteiger partial charge in [0.15, 0.2) is 6.61 Å². The molecule has 0 amide bonds. The van der Waals surface area contributed by atoms with Gasteiger partial charge >= 0.3 is 12.1 Å². The Balaban J connectivity index is 1.58. The summed E-state index contributed by atoms with van der Waals surface area (Å²) in [6, 6.07) is 16.0. The fraction of sp³-hybridized carbons (Fsp3) is 0.208. The molecule has 0 radical (unpaired) electrons. The Hall–Kier alpha value is -4.28. The maximum Gasteiger partial charge on any atom is 0.416 e. The van der Waals surface area contributed by atoms with Gasteiger partial charge in [-0.05, 0) is 54.6 Å². The van der Waals surface area contributed by atoms with Gasteiger partial charge in [0, 0.05) is 6.42 Å². The van der Waals surface area contributed by atoms with Crippen molar-refractivity contribution in [1.29, 1.82) is 0 Å². The summed E-state index contributed by atoms with van der Waals surface area (Å²) in [6.07, 6.45) is -4.11. The van der Waals surface area contributed by atoms with Crippen LogP contribution in [0, 0.1) is 0 Å². The predicted octanol–water partition coefficient (Wildman–Crippen LogP) is 6.01. The van der Waals surface area contributed by atoms with Crippen LogP contribution >= 0.6 is 0 Å². The van der Waals surface area contributed by atoms with Gasteiger partial charge in [-0.15, -0.1) is 10.2 Å². The average Bonchev–Trinajstić information content (AvgIpc) is 2.82. The fourth-order valence-electron chi connectivity index (χ4n) is 2.79. The van der Waals surface area contributed by atoms with Crippen LogP contribution in [0.5, 0.6) is 17.2 Å². The topological polar surface area (TPSA) is 116 Å². The van der Waals surface area contributed by atoms with Crippen molar-refractivity contribution < 1.29 is 37.3 Å². The summed E-state index contributed by atoms with van der Waals surface area (Å²) in [5.41, 5.74) is 5.51. The number of nitrogens with zero attached hydrogens (tertiary/aromatic N) is 2. The first-order chi connectivity index (χ1) is 16.7. The number of rotatable bonds is 11. The number of ether oxygens (including phenoxy) is 3. The molecule has 0 aliphatic heterocycles. The molecule has 0 spiro atoms. The summed E-state index contributed by atoms with van der Waals surface area (Å²) in [4.78, 5) is 10.5. The third-order valence-corrected chi connectivity index (χ3v) is 4.49. The van der Waals surface area contributed by atoms with Crippen LogP contribution in [0.3, 0.4) is 0 Å². The molecular weight excluding hydrogens is 467 g/mol. The van der Waals surface area contributed by atoms with Gasteiger partial charge in [-0.3, -0.25) is 0 Å². The van der Waals surface area contributed by atoms with Crippen molar-refractivity contribution in [1.82, 2.24) is 0 Å². The minimum Gasteiger partial charge on any atom is -0.493 e. The number of halogens is 3. The molecule has 0 heterocycles. The van der Waals surface area contributed by atoms with Crippen LogP contribution in [0.1, 0.15) is 12.0 Å². The van der Waals surface area contributed by atoms with E-state index in [9.17, 15) is 18.0 Å². The molecule has 3 aromatic carbocycles. The van der Waals surface area contributed by atoms with Gasteiger partial charge in [-0.25, -0.2) is 4.79 Å². The Morgan fingerprint density at radius 3 is 2.14 bits per heavy atom. The van der Waals surface area contributed by atoms with Crippen molar-refractivity contribution in [3.05, 3.63) is 72.3 Å². The lowest BCUT2D eigenvalue weighted by Gasteiger charge is -2.12. The Morgan fingerprint density at radius 1 is 0.857 bits per heavy atom. The Labute approximate surface area is 198 Å². The van der Waals surface area contributed by atoms with E-state index in [0.29, 0.717) is 29.3 Å². The van der Waals surface area contributed by atoms with Crippen molar-refractivity contribution in [2.75, 3.05) is 25.6 Å². The maximum absolute atomic E-state index is 13.2. The molecule has 184 valence electrons. The van der Waals surface area contributed by atoms with Crippen molar-refractivity contribution in [2.45, 2.75) is 12.6 Å². The van der Waals surface area contributed by atoms with Crippen LogP contribution < -0.4 is 19.9 Å². The second-order valence-corrected chi connectivity index (χ2v) is 7.14. The van der Waals surface area contributed by atoms with Gasteiger partial charge in [0.1, 0.15) is 28.6 Å². The lowest BCUT2D eigenvalue weighted by atomic mass is 10.2. The van der Waals surface area contributed by atoms with E-state index in [1.165, 1.54) is 6.07 Å². The number of alkyl halides is 3. The summed E-state index contributed by atoms with van der Waals surface area (Å²) in [7, 11) is 0. The number of carbonyl (C=O) groups is 1. The molecule has 11 heteroatoms. The van der Waals surface area contributed by atoms with Crippen molar-refractivity contribution in [2.24, 2.45) is 10.2 Å². The number of aliphatic carboxylic acids is 1. The molecule has 35 heavy (non-hydrogen) atoms. The standard InChI is InChI=1S/C24H22F3N3O5/c25-24(26,27)16-6-11-22(21(14-16)30-29-20-5-2-1-4-19(20)28)34-13-3-12-33-17-7-9-18(10-8-17)35-15-23(31)32/h1-2,4-11,14H,3,12-13,15,28H2,(H,31,32). The molecule has 0 unspecified atom stereocenters. The molecule has 0 aromatic heterocycles. The number of carboxylic acids is 1. The minimum absolute atomic E-state index is 0.0825. The van der Waals surface area contributed by atoms with E-state index in [-0.39, 0.29) is 24.7 Å². The highest BCUT2D eigenvalue weighted by molar-refractivity contribution is 5.68. The van der Waals surface area contributed by atoms with Crippen LogP contribution in [0.25, 0.3) is 0 Å². The number of para-hydroxylation sites is 1. The summed E-state index contributed by atoms with van der Waals surface area (Å²) < 4.78 is 55.7. The second kappa shape index (κ2) is 11.7. The molecule has 0 saturated carbocycles. The monoisotopic (exact) mass is 489 g/mol. The van der Waals surface area contributed by atoms with Gasteiger partial charge in [-0.2, -0.15) is 13.2 Å². The third kappa shape index (κ3) is 7.91.